The largest absolute Gasteiger partial charge is 0.300 e. The molecule has 0 aliphatic heterocycles. The Kier molecular flexibility index (Phi) is 3.30. The number of rotatable bonds is 3. The molecular weight excluding hydrogens is 176 g/mol. The van der Waals surface area contributed by atoms with Gasteiger partial charge in [0.25, 0.3) is 0 Å². The maximum atomic E-state index is 13.1. The van der Waals surface area contributed by atoms with Crippen LogP contribution in [0.1, 0.15) is 11.7 Å². The molecule has 0 aromatic heterocycles. The van der Waals surface area contributed by atoms with Crippen LogP contribution in [0.3, 0.4) is 0 Å². The zero-order valence-corrected chi connectivity index (χ0v) is 7.14. The van der Waals surface area contributed by atoms with Gasteiger partial charge in [-0.2, -0.15) is 0 Å². The van der Waals surface area contributed by atoms with Crippen LogP contribution in [0.5, 0.6) is 0 Å². The number of benzene rings is 1. The molecular formula is C8H11F2N3. The van der Waals surface area contributed by atoms with Gasteiger partial charge in [0.2, 0.25) is 0 Å². The van der Waals surface area contributed by atoms with Gasteiger partial charge in [-0.1, -0.05) is 0 Å². The Hall–Kier alpha value is -1.04. The highest BCUT2D eigenvalue weighted by atomic mass is 19.1. The quantitative estimate of drug-likeness (QED) is 0.370. The van der Waals surface area contributed by atoms with Crippen LogP contribution in [0.25, 0.3) is 0 Å². The van der Waals surface area contributed by atoms with Crippen molar-refractivity contribution in [2.75, 3.05) is 7.05 Å². The van der Waals surface area contributed by atoms with Gasteiger partial charge in [0, 0.05) is 5.56 Å². The Bertz CT molecular complexity index is 287. The standard InChI is InChI=1S/C8H11F2N3/c1-12-8(13-11)6-4-5(9)2-3-7(6)10/h2-4,8,12-13H,11H2,1H3. The molecule has 0 aliphatic carbocycles. The second-order valence-electron chi connectivity index (χ2n) is 2.55. The third-order valence-electron chi connectivity index (χ3n) is 1.72. The Balaban J connectivity index is 3.03. The van der Waals surface area contributed by atoms with Gasteiger partial charge in [-0.3, -0.25) is 5.84 Å². The van der Waals surface area contributed by atoms with Crippen molar-refractivity contribution in [3.63, 3.8) is 0 Å². The normalized spacial score (nSPS) is 12.9. The van der Waals surface area contributed by atoms with E-state index < -0.39 is 17.8 Å². The van der Waals surface area contributed by atoms with Crippen molar-refractivity contribution >= 4 is 0 Å². The van der Waals surface area contributed by atoms with Crippen LogP contribution in [-0.2, 0) is 0 Å². The number of hydrogen-bond donors (Lipinski definition) is 3. The fraction of sp³-hybridized carbons (Fsp3) is 0.250. The lowest BCUT2D eigenvalue weighted by atomic mass is 10.1. The molecule has 0 amide bonds. The lowest BCUT2D eigenvalue weighted by Crippen LogP contribution is -2.37. The molecule has 1 aromatic rings. The average Bonchev–Trinajstić information content (AvgIpc) is 2.13. The molecule has 3 nitrogen and oxygen atoms in total. The zero-order valence-electron chi connectivity index (χ0n) is 7.14. The van der Waals surface area contributed by atoms with Crippen molar-refractivity contribution in [1.82, 2.24) is 10.7 Å². The second-order valence-corrected chi connectivity index (χ2v) is 2.55. The van der Waals surface area contributed by atoms with Gasteiger partial charge < -0.3 is 5.32 Å². The molecule has 0 saturated carbocycles. The highest BCUT2D eigenvalue weighted by Gasteiger charge is 2.12. The monoisotopic (exact) mass is 187 g/mol. The van der Waals surface area contributed by atoms with Gasteiger partial charge in [0.05, 0.1) is 6.17 Å². The molecule has 4 N–H and O–H groups in total. The maximum absolute atomic E-state index is 13.1. The SMILES string of the molecule is CNC(NN)c1cc(F)ccc1F. The van der Waals surface area contributed by atoms with Crippen LogP contribution >= 0.6 is 0 Å². The number of nitrogens with one attached hydrogen (secondary N) is 2. The van der Waals surface area contributed by atoms with E-state index in [9.17, 15) is 8.78 Å². The molecule has 1 rings (SSSR count). The molecule has 1 aromatic carbocycles. The molecule has 0 aliphatic rings. The van der Waals surface area contributed by atoms with Crippen LogP contribution in [0.4, 0.5) is 8.78 Å². The highest BCUT2D eigenvalue weighted by molar-refractivity contribution is 5.21. The van der Waals surface area contributed by atoms with Gasteiger partial charge in [0.15, 0.2) is 0 Å². The summed E-state index contributed by atoms with van der Waals surface area (Å²) in [6, 6.07) is 3.21. The number of nitrogens with two attached hydrogens (primary N) is 1. The van der Waals surface area contributed by atoms with Gasteiger partial charge in [-0.05, 0) is 25.2 Å². The molecule has 0 radical (unpaired) electrons. The Labute approximate surface area is 74.9 Å². The fourth-order valence-corrected chi connectivity index (χ4v) is 1.06. The summed E-state index contributed by atoms with van der Waals surface area (Å²) in [4.78, 5) is 0. The molecule has 0 spiro atoms. The minimum Gasteiger partial charge on any atom is -0.300 e. The molecule has 72 valence electrons. The van der Waals surface area contributed by atoms with Gasteiger partial charge >= 0.3 is 0 Å². The summed E-state index contributed by atoms with van der Waals surface area (Å²) in [5, 5.41) is 2.69. The molecule has 1 unspecified atom stereocenters. The van der Waals surface area contributed by atoms with Crippen LogP contribution in [0, 0.1) is 11.6 Å². The van der Waals surface area contributed by atoms with E-state index in [1.54, 1.807) is 7.05 Å². The smallest absolute Gasteiger partial charge is 0.129 e. The van der Waals surface area contributed by atoms with Crippen molar-refractivity contribution in [2.45, 2.75) is 6.17 Å². The van der Waals surface area contributed by atoms with Gasteiger partial charge in [-0.25, -0.2) is 14.2 Å². The van der Waals surface area contributed by atoms with Crippen LogP contribution in [0.2, 0.25) is 0 Å². The van der Waals surface area contributed by atoms with Crippen LogP contribution < -0.4 is 16.6 Å². The van der Waals surface area contributed by atoms with Gasteiger partial charge in [0.1, 0.15) is 11.6 Å². The topological polar surface area (TPSA) is 50.1 Å². The molecule has 0 fully saturated rings. The summed E-state index contributed by atoms with van der Waals surface area (Å²) < 4.78 is 25.8. The summed E-state index contributed by atoms with van der Waals surface area (Å²) in [6.07, 6.45) is -0.587. The molecule has 13 heavy (non-hydrogen) atoms. The number of halogens is 2. The first-order chi connectivity index (χ1) is 6.19. The van der Waals surface area contributed by atoms with E-state index in [-0.39, 0.29) is 5.56 Å². The molecule has 0 heterocycles. The van der Waals surface area contributed by atoms with E-state index in [0.717, 1.165) is 18.2 Å². The lowest BCUT2D eigenvalue weighted by Gasteiger charge is -2.15. The molecule has 1 atom stereocenters. The van der Waals surface area contributed by atoms with Gasteiger partial charge in [-0.15, -0.1) is 0 Å². The predicted octanol–water partition coefficient (Wildman–Crippen LogP) is 0.646. The Morgan fingerprint density at radius 1 is 1.38 bits per heavy atom. The highest BCUT2D eigenvalue weighted by Crippen LogP contribution is 2.15. The summed E-state index contributed by atoms with van der Waals surface area (Å²) in [5.74, 6) is 4.14. The first-order valence-corrected chi connectivity index (χ1v) is 3.77. The average molecular weight is 187 g/mol. The van der Waals surface area contributed by atoms with Crippen molar-refractivity contribution in [3.8, 4) is 0 Å². The lowest BCUT2D eigenvalue weighted by molar-refractivity contribution is 0.457. The van der Waals surface area contributed by atoms with Crippen molar-refractivity contribution < 1.29 is 8.78 Å². The minimum atomic E-state index is -0.587. The van der Waals surface area contributed by atoms with E-state index in [4.69, 9.17) is 5.84 Å². The zero-order chi connectivity index (χ0) is 9.84. The van der Waals surface area contributed by atoms with E-state index >= 15 is 0 Å². The molecule has 5 heteroatoms. The summed E-state index contributed by atoms with van der Waals surface area (Å²) in [5.41, 5.74) is 2.48. The van der Waals surface area contributed by atoms with Crippen LogP contribution in [0.15, 0.2) is 18.2 Å². The number of hydrogen-bond acceptors (Lipinski definition) is 3. The fourth-order valence-electron chi connectivity index (χ4n) is 1.06. The number of hydrazine groups is 1. The van der Waals surface area contributed by atoms with E-state index in [1.807, 2.05) is 0 Å². The summed E-state index contributed by atoms with van der Waals surface area (Å²) in [7, 11) is 1.59. The first-order valence-electron chi connectivity index (χ1n) is 3.77. The van der Waals surface area contributed by atoms with E-state index in [0.29, 0.717) is 0 Å². The maximum Gasteiger partial charge on any atom is 0.129 e. The minimum absolute atomic E-state index is 0.157. The third-order valence-corrected chi connectivity index (χ3v) is 1.72. The summed E-state index contributed by atoms with van der Waals surface area (Å²) >= 11 is 0. The van der Waals surface area contributed by atoms with E-state index in [2.05, 4.69) is 10.7 Å². The first kappa shape index (κ1) is 10.0. The predicted molar refractivity (Wildman–Crippen MR) is 45.5 cm³/mol. The Morgan fingerprint density at radius 2 is 2.08 bits per heavy atom. The molecule has 0 saturated heterocycles. The van der Waals surface area contributed by atoms with E-state index in [1.165, 1.54) is 0 Å². The van der Waals surface area contributed by atoms with Crippen molar-refractivity contribution in [2.24, 2.45) is 5.84 Å². The van der Waals surface area contributed by atoms with Crippen molar-refractivity contribution in [1.29, 1.82) is 0 Å². The third kappa shape index (κ3) is 2.21. The Morgan fingerprint density at radius 3 is 2.62 bits per heavy atom. The van der Waals surface area contributed by atoms with Crippen LogP contribution in [-0.4, -0.2) is 7.05 Å². The van der Waals surface area contributed by atoms with Crippen molar-refractivity contribution in [3.05, 3.63) is 35.4 Å². The molecule has 0 bridgehead atoms. The summed E-state index contributed by atoms with van der Waals surface area (Å²) in [6.45, 7) is 0. The second kappa shape index (κ2) is 4.27.